The second-order valence-electron chi connectivity index (χ2n) is 4.38. The molecule has 0 N–H and O–H groups in total. The van der Waals surface area contributed by atoms with Crippen LogP contribution in [0.4, 0.5) is 5.69 Å². The SMILES string of the molecule is C#Cc1ccc2c(ccn2-c2ccc([N+](=O)[O-])cc2)c1. The smallest absolute Gasteiger partial charge is 0.269 e. The third-order valence-corrected chi connectivity index (χ3v) is 3.20. The molecule has 1 aromatic heterocycles. The fourth-order valence-electron chi connectivity index (χ4n) is 2.19. The van der Waals surface area contributed by atoms with Gasteiger partial charge in [-0.25, -0.2) is 0 Å². The van der Waals surface area contributed by atoms with Crippen LogP contribution in [-0.4, -0.2) is 9.49 Å². The molecule has 0 saturated heterocycles. The number of nitrogens with zero attached hydrogens (tertiary/aromatic N) is 2. The lowest BCUT2D eigenvalue weighted by Gasteiger charge is -2.05. The quantitative estimate of drug-likeness (QED) is 0.403. The van der Waals surface area contributed by atoms with Gasteiger partial charge in [0.05, 0.1) is 10.4 Å². The van der Waals surface area contributed by atoms with Crippen LogP contribution in [0.3, 0.4) is 0 Å². The zero-order chi connectivity index (χ0) is 14.1. The van der Waals surface area contributed by atoms with E-state index in [0.717, 1.165) is 22.2 Å². The molecule has 0 atom stereocenters. The van der Waals surface area contributed by atoms with E-state index in [9.17, 15) is 10.1 Å². The number of hydrogen-bond acceptors (Lipinski definition) is 2. The Kier molecular flexibility index (Phi) is 2.73. The van der Waals surface area contributed by atoms with Gasteiger partial charge in [-0.05, 0) is 36.4 Å². The van der Waals surface area contributed by atoms with E-state index in [1.54, 1.807) is 12.1 Å². The molecular weight excluding hydrogens is 252 g/mol. The van der Waals surface area contributed by atoms with Crippen LogP contribution in [0.15, 0.2) is 54.7 Å². The average molecular weight is 262 g/mol. The summed E-state index contributed by atoms with van der Waals surface area (Å²) in [6.07, 6.45) is 7.31. The third kappa shape index (κ3) is 1.91. The van der Waals surface area contributed by atoms with E-state index in [1.807, 2.05) is 35.0 Å². The number of nitro benzene ring substituents is 1. The van der Waals surface area contributed by atoms with Gasteiger partial charge in [0.1, 0.15) is 0 Å². The molecule has 3 aromatic rings. The maximum atomic E-state index is 10.7. The summed E-state index contributed by atoms with van der Waals surface area (Å²) in [6.45, 7) is 0. The van der Waals surface area contributed by atoms with Crippen LogP contribution >= 0.6 is 0 Å². The highest BCUT2D eigenvalue weighted by Crippen LogP contribution is 2.23. The van der Waals surface area contributed by atoms with Crippen molar-refractivity contribution in [2.75, 3.05) is 0 Å². The van der Waals surface area contributed by atoms with Crippen molar-refractivity contribution in [3.8, 4) is 18.0 Å². The fourth-order valence-corrected chi connectivity index (χ4v) is 2.19. The number of non-ortho nitro benzene ring substituents is 1. The lowest BCUT2D eigenvalue weighted by molar-refractivity contribution is -0.384. The summed E-state index contributed by atoms with van der Waals surface area (Å²) in [5.74, 6) is 2.60. The van der Waals surface area contributed by atoms with Crippen LogP contribution < -0.4 is 0 Å². The van der Waals surface area contributed by atoms with Crippen molar-refractivity contribution < 1.29 is 4.92 Å². The van der Waals surface area contributed by atoms with Gasteiger partial charge in [-0.2, -0.15) is 0 Å². The summed E-state index contributed by atoms with van der Waals surface area (Å²) in [7, 11) is 0. The van der Waals surface area contributed by atoms with Crippen LogP contribution in [0.1, 0.15) is 5.56 Å². The van der Waals surface area contributed by atoms with Gasteiger partial charge in [-0.3, -0.25) is 10.1 Å². The first kappa shape index (κ1) is 12.0. The number of terminal acetylenes is 1. The summed E-state index contributed by atoms with van der Waals surface area (Å²) >= 11 is 0. The molecule has 1 heterocycles. The maximum absolute atomic E-state index is 10.7. The van der Waals surface area contributed by atoms with E-state index in [1.165, 1.54) is 12.1 Å². The van der Waals surface area contributed by atoms with Gasteiger partial charge >= 0.3 is 0 Å². The molecule has 0 aliphatic carbocycles. The zero-order valence-electron chi connectivity index (χ0n) is 10.5. The molecule has 0 radical (unpaired) electrons. The van der Waals surface area contributed by atoms with Crippen LogP contribution in [0.2, 0.25) is 0 Å². The largest absolute Gasteiger partial charge is 0.317 e. The van der Waals surface area contributed by atoms with Crippen molar-refractivity contribution in [1.82, 2.24) is 4.57 Å². The zero-order valence-corrected chi connectivity index (χ0v) is 10.5. The highest BCUT2D eigenvalue weighted by Gasteiger charge is 2.07. The summed E-state index contributed by atoms with van der Waals surface area (Å²) in [5.41, 5.74) is 2.80. The first-order valence-corrected chi connectivity index (χ1v) is 6.01. The summed E-state index contributed by atoms with van der Waals surface area (Å²) < 4.78 is 1.97. The van der Waals surface area contributed by atoms with Crippen molar-refractivity contribution in [3.63, 3.8) is 0 Å². The Bertz CT molecular complexity index is 839. The van der Waals surface area contributed by atoms with E-state index in [-0.39, 0.29) is 5.69 Å². The first-order chi connectivity index (χ1) is 9.69. The number of hydrogen-bond donors (Lipinski definition) is 0. The second-order valence-corrected chi connectivity index (χ2v) is 4.38. The molecule has 0 aliphatic rings. The predicted molar refractivity (Wildman–Crippen MR) is 77.9 cm³/mol. The highest BCUT2D eigenvalue weighted by atomic mass is 16.6. The van der Waals surface area contributed by atoms with E-state index in [2.05, 4.69) is 5.92 Å². The standard InChI is InChI=1S/C16H10N2O2/c1-2-12-3-8-16-13(11-12)9-10-17(16)14-4-6-15(7-5-14)18(19)20/h1,3-11H. The van der Waals surface area contributed by atoms with Crippen molar-refractivity contribution >= 4 is 16.6 Å². The van der Waals surface area contributed by atoms with Crippen LogP contribution in [0.5, 0.6) is 0 Å². The monoisotopic (exact) mass is 262 g/mol. The van der Waals surface area contributed by atoms with Gasteiger partial charge in [-0.1, -0.05) is 5.92 Å². The predicted octanol–water partition coefficient (Wildman–Crippen LogP) is 3.52. The molecule has 96 valence electrons. The number of benzene rings is 2. The van der Waals surface area contributed by atoms with Crippen molar-refractivity contribution in [3.05, 3.63) is 70.4 Å². The van der Waals surface area contributed by atoms with Gasteiger partial charge in [0.15, 0.2) is 0 Å². The summed E-state index contributed by atoms with van der Waals surface area (Å²) in [5, 5.41) is 11.7. The molecule has 0 saturated carbocycles. The summed E-state index contributed by atoms with van der Waals surface area (Å²) in [4.78, 5) is 10.3. The molecule has 4 heteroatoms. The number of rotatable bonds is 2. The Morgan fingerprint density at radius 1 is 1.10 bits per heavy atom. The van der Waals surface area contributed by atoms with Crippen LogP contribution in [0, 0.1) is 22.5 Å². The van der Waals surface area contributed by atoms with Gasteiger partial charge in [0.2, 0.25) is 0 Å². The minimum atomic E-state index is -0.406. The normalized spacial score (nSPS) is 10.3. The Balaban J connectivity index is 2.10. The minimum Gasteiger partial charge on any atom is -0.317 e. The molecule has 0 amide bonds. The molecule has 0 unspecified atom stereocenters. The maximum Gasteiger partial charge on any atom is 0.269 e. The Hall–Kier alpha value is -3.06. The van der Waals surface area contributed by atoms with Crippen molar-refractivity contribution in [1.29, 1.82) is 0 Å². The third-order valence-electron chi connectivity index (χ3n) is 3.20. The lowest BCUT2D eigenvalue weighted by atomic mass is 10.1. The molecule has 0 aliphatic heterocycles. The van der Waals surface area contributed by atoms with Crippen LogP contribution in [-0.2, 0) is 0 Å². The number of aromatic nitrogens is 1. The van der Waals surface area contributed by atoms with Crippen molar-refractivity contribution in [2.24, 2.45) is 0 Å². The van der Waals surface area contributed by atoms with E-state index >= 15 is 0 Å². The van der Waals surface area contributed by atoms with Crippen molar-refractivity contribution in [2.45, 2.75) is 0 Å². The second kappa shape index (κ2) is 4.56. The molecule has 3 rings (SSSR count). The van der Waals surface area contributed by atoms with Gasteiger partial charge in [-0.15, -0.1) is 6.42 Å². The molecule has 4 nitrogen and oxygen atoms in total. The molecular formula is C16H10N2O2. The molecule has 0 spiro atoms. The average Bonchev–Trinajstić information content (AvgIpc) is 2.90. The lowest BCUT2D eigenvalue weighted by Crippen LogP contribution is -1.93. The topological polar surface area (TPSA) is 48.1 Å². The number of fused-ring (bicyclic) bond motifs is 1. The minimum absolute atomic E-state index is 0.0832. The highest BCUT2D eigenvalue weighted by molar-refractivity contribution is 5.83. The number of nitro groups is 1. The van der Waals surface area contributed by atoms with E-state index < -0.39 is 4.92 Å². The Morgan fingerprint density at radius 3 is 2.50 bits per heavy atom. The van der Waals surface area contributed by atoms with Gasteiger partial charge in [0.25, 0.3) is 5.69 Å². The van der Waals surface area contributed by atoms with E-state index in [4.69, 9.17) is 6.42 Å². The first-order valence-electron chi connectivity index (χ1n) is 6.01. The fraction of sp³-hybridized carbons (Fsp3) is 0. The van der Waals surface area contributed by atoms with Crippen LogP contribution in [0.25, 0.3) is 16.6 Å². The van der Waals surface area contributed by atoms with Gasteiger partial charge in [0, 0.05) is 35.0 Å². The van der Waals surface area contributed by atoms with Gasteiger partial charge < -0.3 is 4.57 Å². The Labute approximate surface area is 115 Å². The molecule has 2 aromatic carbocycles. The van der Waals surface area contributed by atoms with E-state index in [0.29, 0.717) is 0 Å². The molecule has 0 bridgehead atoms. The Morgan fingerprint density at radius 2 is 1.85 bits per heavy atom. The summed E-state index contributed by atoms with van der Waals surface area (Å²) in [6, 6.07) is 14.2. The molecule has 0 fully saturated rings. The molecule has 20 heavy (non-hydrogen) atoms.